The van der Waals surface area contributed by atoms with Gasteiger partial charge in [0, 0.05) is 13.0 Å². The highest BCUT2D eigenvalue weighted by Crippen LogP contribution is 2.10. The maximum Gasteiger partial charge on any atom is 0.323 e. The largest absolute Gasteiger partial charge is 0.480 e. The Bertz CT molecular complexity index is 266. The lowest BCUT2D eigenvalue weighted by atomic mass is 10.1. The first-order chi connectivity index (χ1) is 9.61. The number of carboxylic acids is 1. The predicted octanol–water partition coefficient (Wildman–Crippen LogP) is 3.84. The number of unbranched alkanes of at least 4 members (excludes halogenated alkanes) is 7. The molecule has 0 fully saturated rings. The van der Waals surface area contributed by atoms with E-state index in [2.05, 4.69) is 6.92 Å². The maximum atomic E-state index is 11.9. The van der Waals surface area contributed by atoms with E-state index in [1.165, 1.54) is 43.4 Å². The highest BCUT2D eigenvalue weighted by Gasteiger charge is 2.14. The molecule has 0 unspecified atom stereocenters. The molecule has 0 rings (SSSR count). The van der Waals surface area contributed by atoms with Crippen LogP contribution in [0.15, 0.2) is 0 Å². The van der Waals surface area contributed by atoms with Crippen molar-refractivity contribution in [3.05, 3.63) is 0 Å². The Labute approximate surface area is 123 Å². The molecule has 1 amide bonds. The zero-order valence-corrected chi connectivity index (χ0v) is 13.2. The van der Waals surface area contributed by atoms with E-state index in [-0.39, 0.29) is 12.5 Å². The van der Waals surface area contributed by atoms with Gasteiger partial charge in [-0.25, -0.2) is 0 Å². The van der Waals surface area contributed by atoms with Crippen LogP contribution in [-0.2, 0) is 9.59 Å². The van der Waals surface area contributed by atoms with Gasteiger partial charge in [0.2, 0.25) is 5.91 Å². The summed E-state index contributed by atoms with van der Waals surface area (Å²) in [5.41, 5.74) is 0. The van der Waals surface area contributed by atoms with Gasteiger partial charge in [0.15, 0.2) is 0 Å². The minimum Gasteiger partial charge on any atom is -0.480 e. The molecule has 0 aromatic rings. The summed E-state index contributed by atoms with van der Waals surface area (Å²) in [6.07, 6.45) is 10.9. The molecule has 0 aliphatic carbocycles. The number of hydrogen-bond donors (Lipinski definition) is 1. The smallest absolute Gasteiger partial charge is 0.323 e. The second-order valence-electron chi connectivity index (χ2n) is 5.43. The predicted molar refractivity (Wildman–Crippen MR) is 81.7 cm³/mol. The lowest BCUT2D eigenvalue weighted by Crippen LogP contribution is -2.36. The topological polar surface area (TPSA) is 57.6 Å². The molecule has 0 aromatic heterocycles. The van der Waals surface area contributed by atoms with E-state index in [1.807, 2.05) is 6.92 Å². The van der Waals surface area contributed by atoms with Gasteiger partial charge in [0.1, 0.15) is 6.54 Å². The van der Waals surface area contributed by atoms with Gasteiger partial charge >= 0.3 is 5.97 Å². The summed E-state index contributed by atoms with van der Waals surface area (Å²) in [7, 11) is 0. The van der Waals surface area contributed by atoms with Crippen LogP contribution in [-0.4, -0.2) is 35.0 Å². The SMILES string of the molecule is CCCCCCCCCCC(=O)N(CCC)CC(=O)O. The van der Waals surface area contributed by atoms with Crippen LogP contribution < -0.4 is 0 Å². The van der Waals surface area contributed by atoms with Gasteiger partial charge in [-0.2, -0.15) is 0 Å². The van der Waals surface area contributed by atoms with Crippen molar-refractivity contribution in [2.45, 2.75) is 78.1 Å². The molecule has 0 aromatic carbocycles. The lowest BCUT2D eigenvalue weighted by molar-refractivity contribution is -0.144. The summed E-state index contributed by atoms with van der Waals surface area (Å²) >= 11 is 0. The number of hydrogen-bond acceptors (Lipinski definition) is 2. The second-order valence-corrected chi connectivity index (χ2v) is 5.43. The van der Waals surface area contributed by atoms with Gasteiger partial charge in [-0.3, -0.25) is 9.59 Å². The molecule has 0 aliphatic heterocycles. The summed E-state index contributed by atoms with van der Waals surface area (Å²) in [5.74, 6) is -0.942. The molecule has 0 spiro atoms. The van der Waals surface area contributed by atoms with Gasteiger partial charge in [-0.15, -0.1) is 0 Å². The van der Waals surface area contributed by atoms with Crippen LogP contribution in [0, 0.1) is 0 Å². The average Bonchev–Trinajstić information content (AvgIpc) is 2.40. The van der Waals surface area contributed by atoms with Crippen LogP contribution in [0.25, 0.3) is 0 Å². The monoisotopic (exact) mass is 285 g/mol. The molecule has 0 radical (unpaired) electrons. The minimum atomic E-state index is -0.928. The number of aliphatic carboxylic acids is 1. The molecule has 4 nitrogen and oxygen atoms in total. The zero-order chi connectivity index (χ0) is 15.2. The van der Waals surface area contributed by atoms with Crippen molar-refractivity contribution >= 4 is 11.9 Å². The molecule has 0 saturated carbocycles. The van der Waals surface area contributed by atoms with Gasteiger partial charge < -0.3 is 10.0 Å². The molecule has 0 bridgehead atoms. The average molecular weight is 285 g/mol. The second kappa shape index (κ2) is 12.9. The van der Waals surface area contributed by atoms with Gasteiger partial charge in [0.25, 0.3) is 0 Å². The van der Waals surface area contributed by atoms with E-state index in [0.29, 0.717) is 13.0 Å². The number of carbonyl (C=O) groups is 2. The number of nitrogens with zero attached hydrogens (tertiary/aromatic N) is 1. The number of carboxylic acid groups (broad SMARTS) is 1. The Hall–Kier alpha value is -1.06. The Morgan fingerprint density at radius 1 is 0.850 bits per heavy atom. The zero-order valence-electron chi connectivity index (χ0n) is 13.2. The Kier molecular flexibility index (Phi) is 12.3. The normalized spacial score (nSPS) is 10.5. The van der Waals surface area contributed by atoms with Crippen molar-refractivity contribution in [1.29, 1.82) is 0 Å². The number of amides is 1. The van der Waals surface area contributed by atoms with Crippen molar-refractivity contribution in [2.24, 2.45) is 0 Å². The van der Waals surface area contributed by atoms with E-state index in [0.717, 1.165) is 19.3 Å². The molecular formula is C16H31NO3. The number of carbonyl (C=O) groups excluding carboxylic acids is 1. The van der Waals surface area contributed by atoms with Crippen LogP contribution >= 0.6 is 0 Å². The standard InChI is InChI=1S/C16H31NO3/c1-3-5-6-7-8-9-10-11-12-15(18)17(13-4-2)14-16(19)20/h3-14H2,1-2H3,(H,19,20). The fraction of sp³-hybridized carbons (Fsp3) is 0.875. The minimum absolute atomic E-state index is 0.0137. The van der Waals surface area contributed by atoms with Crippen LogP contribution in [0.3, 0.4) is 0 Å². The fourth-order valence-corrected chi connectivity index (χ4v) is 2.29. The van der Waals surface area contributed by atoms with Gasteiger partial charge in [-0.1, -0.05) is 58.8 Å². The maximum absolute atomic E-state index is 11.9. The third-order valence-corrected chi connectivity index (χ3v) is 3.42. The van der Waals surface area contributed by atoms with Crippen LogP contribution in [0.1, 0.15) is 78.1 Å². The molecule has 20 heavy (non-hydrogen) atoms. The molecule has 118 valence electrons. The molecular weight excluding hydrogens is 254 g/mol. The summed E-state index contributed by atoms with van der Waals surface area (Å²) < 4.78 is 0. The van der Waals surface area contributed by atoms with E-state index in [4.69, 9.17) is 5.11 Å². The van der Waals surface area contributed by atoms with Crippen LogP contribution in [0.4, 0.5) is 0 Å². The Morgan fingerprint density at radius 3 is 1.90 bits per heavy atom. The lowest BCUT2D eigenvalue weighted by Gasteiger charge is -2.19. The quantitative estimate of drug-likeness (QED) is 0.523. The van der Waals surface area contributed by atoms with Gasteiger partial charge in [0.05, 0.1) is 0 Å². The van der Waals surface area contributed by atoms with Crippen molar-refractivity contribution in [2.75, 3.05) is 13.1 Å². The highest BCUT2D eigenvalue weighted by atomic mass is 16.4. The Balaban J connectivity index is 3.65. The van der Waals surface area contributed by atoms with E-state index >= 15 is 0 Å². The Morgan fingerprint density at radius 2 is 1.40 bits per heavy atom. The first kappa shape index (κ1) is 18.9. The molecule has 1 N–H and O–H groups in total. The molecule has 0 atom stereocenters. The van der Waals surface area contributed by atoms with Crippen molar-refractivity contribution in [1.82, 2.24) is 4.90 Å². The van der Waals surface area contributed by atoms with Crippen molar-refractivity contribution in [3.63, 3.8) is 0 Å². The molecule has 0 aliphatic rings. The summed E-state index contributed by atoms with van der Waals surface area (Å²) in [6.45, 7) is 4.55. The third-order valence-electron chi connectivity index (χ3n) is 3.42. The molecule has 0 saturated heterocycles. The summed E-state index contributed by atoms with van der Waals surface area (Å²) in [6, 6.07) is 0. The van der Waals surface area contributed by atoms with Crippen LogP contribution in [0.2, 0.25) is 0 Å². The molecule has 0 heterocycles. The van der Waals surface area contributed by atoms with E-state index in [9.17, 15) is 9.59 Å². The summed E-state index contributed by atoms with van der Waals surface area (Å²) in [5, 5.41) is 8.78. The van der Waals surface area contributed by atoms with Crippen molar-refractivity contribution in [3.8, 4) is 0 Å². The van der Waals surface area contributed by atoms with Crippen LogP contribution in [0.5, 0.6) is 0 Å². The number of rotatable bonds is 13. The van der Waals surface area contributed by atoms with Crippen molar-refractivity contribution < 1.29 is 14.7 Å². The fourth-order valence-electron chi connectivity index (χ4n) is 2.29. The highest BCUT2D eigenvalue weighted by molar-refractivity contribution is 5.81. The third kappa shape index (κ3) is 10.8. The van der Waals surface area contributed by atoms with E-state index < -0.39 is 5.97 Å². The molecule has 4 heteroatoms. The van der Waals surface area contributed by atoms with Gasteiger partial charge in [-0.05, 0) is 12.8 Å². The summed E-state index contributed by atoms with van der Waals surface area (Å²) in [4.78, 5) is 24.1. The first-order valence-electron chi connectivity index (χ1n) is 8.11. The van der Waals surface area contributed by atoms with E-state index in [1.54, 1.807) is 0 Å². The first-order valence-corrected chi connectivity index (χ1v) is 8.11.